The van der Waals surface area contributed by atoms with Gasteiger partial charge in [0.2, 0.25) is 0 Å². The van der Waals surface area contributed by atoms with Crippen LogP contribution in [0.3, 0.4) is 0 Å². The van der Waals surface area contributed by atoms with Gasteiger partial charge in [-0.25, -0.2) is 4.79 Å². The van der Waals surface area contributed by atoms with Crippen LogP contribution in [0.1, 0.15) is 0 Å². The van der Waals surface area contributed by atoms with Gasteiger partial charge < -0.3 is 9.64 Å². The summed E-state index contributed by atoms with van der Waals surface area (Å²) >= 11 is 0. The molecule has 0 unspecified atom stereocenters. The number of hydrogen-bond donors (Lipinski definition) is 0. The zero-order valence-corrected chi connectivity index (χ0v) is 6.22. The molecule has 0 aliphatic rings. The molecule has 0 aromatic rings. The number of halogens is 1. The fourth-order valence-electron chi connectivity index (χ4n) is 0.285. The van der Waals surface area contributed by atoms with Gasteiger partial charge >= 0.3 is 5.97 Å². The Bertz CT molecular complexity index is 154. The summed E-state index contributed by atoms with van der Waals surface area (Å²) in [5, 5.41) is 0. The Morgan fingerprint density at radius 3 is 2.40 bits per heavy atom. The van der Waals surface area contributed by atoms with Crippen molar-refractivity contribution in [3.05, 3.63) is 12.0 Å². The monoisotopic (exact) mass is 147 g/mol. The van der Waals surface area contributed by atoms with E-state index in [9.17, 15) is 9.18 Å². The van der Waals surface area contributed by atoms with Crippen LogP contribution >= 0.6 is 0 Å². The summed E-state index contributed by atoms with van der Waals surface area (Å²) in [7, 11) is 4.19. The van der Waals surface area contributed by atoms with Crippen molar-refractivity contribution in [1.29, 1.82) is 0 Å². The molecule has 0 fully saturated rings. The average Bonchev–Trinajstić information content (AvgIpc) is 1.87. The van der Waals surface area contributed by atoms with Gasteiger partial charge in [-0.3, -0.25) is 0 Å². The molecular weight excluding hydrogens is 137 g/mol. The molecule has 0 saturated heterocycles. The molecule has 58 valence electrons. The molecule has 0 aromatic carbocycles. The molecule has 0 bridgehead atoms. The molecule has 3 nitrogen and oxygen atoms in total. The SMILES string of the molecule is COC(=O)/C=C(\F)N(C)C. The van der Waals surface area contributed by atoms with Gasteiger partial charge in [-0.2, -0.15) is 4.39 Å². The molecule has 0 radical (unpaired) electrons. The van der Waals surface area contributed by atoms with E-state index in [1.54, 1.807) is 0 Å². The Balaban J connectivity index is 4.03. The molecule has 0 saturated carbocycles. The zero-order valence-electron chi connectivity index (χ0n) is 6.22. The van der Waals surface area contributed by atoms with Crippen LogP contribution in [-0.4, -0.2) is 32.1 Å². The van der Waals surface area contributed by atoms with Crippen LogP contribution in [0.5, 0.6) is 0 Å². The van der Waals surface area contributed by atoms with Crippen molar-refractivity contribution in [2.45, 2.75) is 0 Å². The maximum atomic E-state index is 12.4. The average molecular weight is 147 g/mol. The maximum absolute atomic E-state index is 12.4. The largest absolute Gasteiger partial charge is 0.466 e. The molecule has 0 aromatic heterocycles. The van der Waals surface area contributed by atoms with Crippen LogP contribution in [0.15, 0.2) is 12.0 Å². The minimum Gasteiger partial charge on any atom is -0.466 e. The summed E-state index contributed by atoms with van der Waals surface area (Å²) in [5.41, 5.74) is 0. The molecule has 0 aliphatic heterocycles. The number of carbonyl (C=O) groups excluding carboxylic acids is 1. The number of hydrogen-bond acceptors (Lipinski definition) is 3. The van der Waals surface area contributed by atoms with E-state index < -0.39 is 11.9 Å². The molecule has 0 atom stereocenters. The highest BCUT2D eigenvalue weighted by Crippen LogP contribution is 1.98. The lowest BCUT2D eigenvalue weighted by atomic mass is 10.6. The second-order valence-electron chi connectivity index (χ2n) is 1.88. The lowest BCUT2D eigenvalue weighted by Gasteiger charge is -2.06. The van der Waals surface area contributed by atoms with Crippen molar-refractivity contribution in [2.75, 3.05) is 21.2 Å². The first-order valence-corrected chi connectivity index (χ1v) is 2.70. The van der Waals surface area contributed by atoms with Crippen LogP contribution in [-0.2, 0) is 9.53 Å². The van der Waals surface area contributed by atoms with E-state index in [1.165, 1.54) is 26.1 Å². The summed E-state index contributed by atoms with van der Waals surface area (Å²) in [6.45, 7) is 0. The van der Waals surface area contributed by atoms with E-state index in [0.29, 0.717) is 0 Å². The first-order valence-electron chi connectivity index (χ1n) is 2.70. The van der Waals surface area contributed by atoms with E-state index in [2.05, 4.69) is 4.74 Å². The topological polar surface area (TPSA) is 29.5 Å². The van der Waals surface area contributed by atoms with Gasteiger partial charge in [0, 0.05) is 14.1 Å². The standard InChI is InChI=1S/C6H10FNO2/c1-8(2)5(7)4-6(9)10-3/h4H,1-3H3/b5-4+. The van der Waals surface area contributed by atoms with Crippen molar-refractivity contribution in [3.8, 4) is 0 Å². The highest BCUT2D eigenvalue weighted by molar-refractivity contribution is 5.82. The quantitative estimate of drug-likeness (QED) is 0.324. The van der Waals surface area contributed by atoms with E-state index in [0.717, 1.165) is 6.08 Å². The second-order valence-corrected chi connectivity index (χ2v) is 1.88. The van der Waals surface area contributed by atoms with Crippen LogP contribution in [0.2, 0.25) is 0 Å². The summed E-state index contributed by atoms with van der Waals surface area (Å²) < 4.78 is 16.6. The molecule has 4 heteroatoms. The molecule has 0 spiro atoms. The van der Waals surface area contributed by atoms with E-state index >= 15 is 0 Å². The van der Waals surface area contributed by atoms with E-state index in [1.807, 2.05) is 0 Å². The van der Waals surface area contributed by atoms with E-state index in [4.69, 9.17) is 0 Å². The summed E-state index contributed by atoms with van der Waals surface area (Å²) in [6, 6.07) is 0. The zero-order chi connectivity index (χ0) is 8.15. The van der Waals surface area contributed by atoms with Crippen molar-refractivity contribution in [1.82, 2.24) is 4.90 Å². The van der Waals surface area contributed by atoms with Gasteiger partial charge in [0.05, 0.1) is 13.2 Å². The molecule has 0 N–H and O–H groups in total. The Morgan fingerprint density at radius 2 is 2.10 bits per heavy atom. The first-order chi connectivity index (χ1) is 4.57. The lowest BCUT2D eigenvalue weighted by molar-refractivity contribution is -0.135. The summed E-state index contributed by atoms with van der Waals surface area (Å²) in [5.74, 6) is -1.31. The normalized spacial score (nSPS) is 11.0. The molecule has 0 rings (SSSR count). The predicted molar refractivity (Wildman–Crippen MR) is 34.9 cm³/mol. The van der Waals surface area contributed by atoms with Crippen molar-refractivity contribution >= 4 is 5.97 Å². The number of esters is 1. The number of rotatable bonds is 2. The van der Waals surface area contributed by atoms with Gasteiger partial charge in [-0.15, -0.1) is 0 Å². The molecule has 0 aliphatic carbocycles. The number of ether oxygens (including phenoxy) is 1. The predicted octanol–water partition coefficient (Wildman–Crippen LogP) is 0.532. The summed E-state index contributed by atoms with van der Waals surface area (Å²) in [6.07, 6.45) is 0.778. The Morgan fingerprint density at radius 1 is 1.60 bits per heavy atom. The van der Waals surface area contributed by atoms with Crippen LogP contribution in [0.4, 0.5) is 4.39 Å². The van der Waals surface area contributed by atoms with E-state index in [-0.39, 0.29) is 0 Å². The molecule has 0 heterocycles. The third-order valence-corrected chi connectivity index (χ3v) is 0.865. The highest BCUT2D eigenvalue weighted by Gasteiger charge is 2.00. The number of methoxy groups -OCH3 is 1. The highest BCUT2D eigenvalue weighted by atomic mass is 19.1. The summed E-state index contributed by atoms with van der Waals surface area (Å²) in [4.78, 5) is 11.5. The Hall–Kier alpha value is -1.06. The number of carbonyl (C=O) groups is 1. The van der Waals surface area contributed by atoms with Gasteiger partial charge in [-0.1, -0.05) is 0 Å². The smallest absolute Gasteiger partial charge is 0.335 e. The third-order valence-electron chi connectivity index (χ3n) is 0.865. The molecule has 10 heavy (non-hydrogen) atoms. The van der Waals surface area contributed by atoms with Gasteiger partial charge in [0.15, 0.2) is 5.95 Å². The van der Waals surface area contributed by atoms with Gasteiger partial charge in [-0.05, 0) is 0 Å². The second kappa shape index (κ2) is 3.87. The lowest BCUT2D eigenvalue weighted by Crippen LogP contribution is -2.09. The fourth-order valence-corrected chi connectivity index (χ4v) is 0.285. The maximum Gasteiger partial charge on any atom is 0.335 e. The minimum absolute atomic E-state index is 0.619. The van der Waals surface area contributed by atoms with Crippen molar-refractivity contribution < 1.29 is 13.9 Å². The molecular formula is C6H10FNO2. The van der Waals surface area contributed by atoms with Gasteiger partial charge in [0.1, 0.15) is 0 Å². The van der Waals surface area contributed by atoms with Crippen molar-refractivity contribution in [2.24, 2.45) is 0 Å². The fraction of sp³-hybridized carbons (Fsp3) is 0.500. The Labute approximate surface area is 59.1 Å². The van der Waals surface area contributed by atoms with Gasteiger partial charge in [0.25, 0.3) is 0 Å². The molecule has 0 amide bonds. The van der Waals surface area contributed by atoms with Crippen molar-refractivity contribution in [3.63, 3.8) is 0 Å². The number of nitrogens with zero attached hydrogens (tertiary/aromatic N) is 1. The van der Waals surface area contributed by atoms with Crippen LogP contribution in [0.25, 0.3) is 0 Å². The minimum atomic E-state index is -0.689. The Kier molecular flexibility index (Phi) is 3.46. The van der Waals surface area contributed by atoms with Crippen LogP contribution < -0.4 is 0 Å². The third kappa shape index (κ3) is 3.06. The first kappa shape index (κ1) is 8.94. The van der Waals surface area contributed by atoms with Crippen LogP contribution in [0, 0.1) is 0 Å².